The number of rotatable bonds is 10. The SMILES string of the molecule is CCn1ccc2cc(-c3nc(C(CC=CCCC(=O)c4ncco4)NC(=O)OC(C)(C)C)n(C(=O)O)c3C(C)(C)C)ccc2c1=O. The number of pyridine rings is 1. The number of nitrogens with one attached hydrogen (secondary N) is 1. The van der Waals surface area contributed by atoms with Crippen LogP contribution >= 0.6 is 0 Å². The summed E-state index contributed by atoms with van der Waals surface area (Å²) in [5.74, 6) is -0.114. The highest BCUT2D eigenvalue weighted by atomic mass is 16.6. The third-order valence-corrected chi connectivity index (χ3v) is 7.15. The van der Waals surface area contributed by atoms with Crippen molar-refractivity contribution < 1.29 is 28.6 Å². The molecule has 0 saturated carbocycles. The first-order valence-electron chi connectivity index (χ1n) is 15.2. The quantitative estimate of drug-likeness (QED) is 0.141. The van der Waals surface area contributed by atoms with Crippen molar-refractivity contribution in [1.82, 2.24) is 24.4 Å². The first-order valence-corrected chi connectivity index (χ1v) is 15.2. The van der Waals surface area contributed by atoms with Crippen LogP contribution in [0.3, 0.4) is 0 Å². The van der Waals surface area contributed by atoms with E-state index in [4.69, 9.17) is 14.1 Å². The number of ketones is 1. The van der Waals surface area contributed by atoms with Crippen molar-refractivity contribution >= 4 is 28.7 Å². The third-order valence-electron chi connectivity index (χ3n) is 7.15. The van der Waals surface area contributed by atoms with Crippen molar-refractivity contribution in [3.8, 4) is 11.3 Å². The molecule has 12 heteroatoms. The van der Waals surface area contributed by atoms with Crippen LogP contribution in [0.4, 0.5) is 9.59 Å². The Morgan fingerprint density at radius 2 is 1.85 bits per heavy atom. The van der Waals surface area contributed by atoms with Gasteiger partial charge in [-0.1, -0.05) is 39.0 Å². The summed E-state index contributed by atoms with van der Waals surface area (Å²) < 4.78 is 13.3. The molecule has 1 amide bonds. The summed E-state index contributed by atoms with van der Waals surface area (Å²) in [6.07, 6.45) is 6.70. The Bertz CT molecular complexity index is 1820. The number of alkyl carbamates (subject to hydrolysis) is 1. The number of ether oxygens (including phenoxy) is 1. The number of aromatic nitrogens is 4. The molecule has 0 radical (unpaired) electrons. The van der Waals surface area contributed by atoms with Crippen molar-refractivity contribution in [2.24, 2.45) is 0 Å². The number of hydrogen-bond acceptors (Lipinski definition) is 8. The van der Waals surface area contributed by atoms with E-state index >= 15 is 0 Å². The van der Waals surface area contributed by atoms with Crippen LogP contribution in [0.5, 0.6) is 0 Å². The van der Waals surface area contributed by atoms with Gasteiger partial charge in [-0.15, -0.1) is 0 Å². The molecule has 0 aliphatic carbocycles. The summed E-state index contributed by atoms with van der Waals surface area (Å²) in [6.45, 7) is 13.3. The summed E-state index contributed by atoms with van der Waals surface area (Å²) in [5, 5.41) is 14.6. The lowest BCUT2D eigenvalue weighted by molar-refractivity contribution is 0.0500. The fraction of sp³-hybridized carbons (Fsp3) is 0.412. The molecule has 0 aliphatic rings. The first-order chi connectivity index (χ1) is 21.6. The molecule has 3 aromatic heterocycles. The summed E-state index contributed by atoms with van der Waals surface area (Å²) in [4.78, 5) is 59.8. The highest BCUT2D eigenvalue weighted by Gasteiger charge is 2.34. The smallest absolute Gasteiger partial charge is 0.417 e. The van der Waals surface area contributed by atoms with Gasteiger partial charge in [0.05, 0.1) is 23.6 Å². The lowest BCUT2D eigenvalue weighted by Crippen LogP contribution is -2.36. The summed E-state index contributed by atoms with van der Waals surface area (Å²) in [6, 6.07) is 6.25. The molecule has 1 atom stereocenters. The highest BCUT2D eigenvalue weighted by molar-refractivity contribution is 5.91. The van der Waals surface area contributed by atoms with Gasteiger partial charge in [0.2, 0.25) is 5.78 Å². The number of fused-ring (bicyclic) bond motifs is 1. The van der Waals surface area contributed by atoms with E-state index in [2.05, 4.69) is 10.3 Å². The number of amides is 1. The molecule has 4 rings (SSSR count). The summed E-state index contributed by atoms with van der Waals surface area (Å²) in [5.41, 5.74) is -0.128. The van der Waals surface area contributed by atoms with Crippen molar-refractivity contribution in [3.63, 3.8) is 0 Å². The summed E-state index contributed by atoms with van der Waals surface area (Å²) >= 11 is 0. The lowest BCUT2D eigenvalue weighted by atomic mass is 9.88. The normalized spacial score (nSPS) is 12.8. The van der Waals surface area contributed by atoms with Crippen LogP contribution in [0.2, 0.25) is 0 Å². The van der Waals surface area contributed by atoms with Gasteiger partial charge in [-0.2, -0.15) is 0 Å². The molecule has 244 valence electrons. The van der Waals surface area contributed by atoms with Gasteiger partial charge in [0.1, 0.15) is 17.7 Å². The number of hydrogen-bond donors (Lipinski definition) is 2. The molecule has 12 nitrogen and oxygen atoms in total. The number of benzene rings is 1. The van der Waals surface area contributed by atoms with Crippen molar-refractivity contribution in [1.29, 1.82) is 0 Å². The van der Waals surface area contributed by atoms with Crippen LogP contribution < -0.4 is 10.9 Å². The van der Waals surface area contributed by atoms with Crippen LogP contribution in [0.25, 0.3) is 22.0 Å². The van der Waals surface area contributed by atoms with E-state index in [1.165, 1.54) is 12.5 Å². The van der Waals surface area contributed by atoms with Gasteiger partial charge in [-0.25, -0.2) is 24.1 Å². The number of aryl methyl sites for hydroxylation is 1. The molecule has 4 aromatic rings. The van der Waals surface area contributed by atoms with Crippen LogP contribution in [0.1, 0.15) is 96.0 Å². The van der Waals surface area contributed by atoms with E-state index < -0.39 is 29.2 Å². The predicted octanol–water partition coefficient (Wildman–Crippen LogP) is 6.87. The number of Topliss-reactive ketones (excluding diaryl/α,β-unsaturated/α-hetero) is 1. The monoisotopic (exact) mass is 631 g/mol. The molecule has 3 heterocycles. The number of carbonyl (C=O) groups excluding carboxylic acids is 2. The van der Waals surface area contributed by atoms with Gasteiger partial charge in [-0.3, -0.25) is 9.59 Å². The maximum absolute atomic E-state index is 13.0. The van der Waals surface area contributed by atoms with E-state index in [-0.39, 0.29) is 35.9 Å². The molecule has 1 aromatic carbocycles. The molecule has 46 heavy (non-hydrogen) atoms. The van der Waals surface area contributed by atoms with E-state index in [1.54, 1.807) is 55.8 Å². The maximum atomic E-state index is 13.0. The van der Waals surface area contributed by atoms with Gasteiger partial charge < -0.3 is 24.1 Å². The number of oxazole rings is 1. The Morgan fingerprint density at radius 3 is 2.46 bits per heavy atom. The van der Waals surface area contributed by atoms with E-state index in [1.807, 2.05) is 39.8 Å². The van der Waals surface area contributed by atoms with Crippen LogP contribution in [0.15, 0.2) is 64.3 Å². The number of allylic oxidation sites excluding steroid dienone is 1. The van der Waals surface area contributed by atoms with Crippen LogP contribution in [-0.2, 0) is 16.7 Å². The minimum Gasteiger partial charge on any atom is -0.464 e. The molecule has 0 saturated heterocycles. The average molecular weight is 632 g/mol. The Hall–Kier alpha value is -5.00. The fourth-order valence-corrected chi connectivity index (χ4v) is 5.15. The molecule has 1 unspecified atom stereocenters. The van der Waals surface area contributed by atoms with Crippen molar-refractivity contribution in [3.05, 3.63) is 82.8 Å². The number of imidazole rings is 1. The zero-order chi connectivity index (χ0) is 33.8. The molecule has 0 fully saturated rings. The van der Waals surface area contributed by atoms with Crippen LogP contribution in [-0.4, -0.2) is 47.8 Å². The molecule has 0 spiro atoms. The maximum Gasteiger partial charge on any atom is 0.417 e. The van der Waals surface area contributed by atoms with Gasteiger partial charge in [0, 0.05) is 35.5 Å². The zero-order valence-corrected chi connectivity index (χ0v) is 27.3. The average Bonchev–Trinajstić information content (AvgIpc) is 3.64. The number of carbonyl (C=O) groups is 3. The van der Waals surface area contributed by atoms with Crippen molar-refractivity contribution in [2.45, 2.75) is 91.3 Å². The van der Waals surface area contributed by atoms with E-state index in [9.17, 15) is 24.3 Å². The number of carboxylic acid groups (broad SMARTS) is 1. The van der Waals surface area contributed by atoms with Crippen molar-refractivity contribution in [2.75, 3.05) is 0 Å². The Kier molecular flexibility index (Phi) is 9.98. The van der Waals surface area contributed by atoms with Crippen LogP contribution in [0, 0.1) is 0 Å². The zero-order valence-electron chi connectivity index (χ0n) is 27.3. The van der Waals surface area contributed by atoms with E-state index in [0.29, 0.717) is 40.7 Å². The predicted molar refractivity (Wildman–Crippen MR) is 173 cm³/mol. The van der Waals surface area contributed by atoms with E-state index in [0.717, 1.165) is 4.57 Å². The second-order valence-electron chi connectivity index (χ2n) is 12.9. The lowest BCUT2D eigenvalue weighted by Gasteiger charge is -2.24. The summed E-state index contributed by atoms with van der Waals surface area (Å²) in [7, 11) is 0. The third kappa shape index (κ3) is 7.79. The van der Waals surface area contributed by atoms with Gasteiger partial charge in [0.15, 0.2) is 0 Å². The van der Waals surface area contributed by atoms with Gasteiger partial charge in [0.25, 0.3) is 11.4 Å². The molecule has 0 bridgehead atoms. The standard InChI is InChI=1S/C34H41N5O7/c1-8-38-18-16-21-20-22(14-15-23(21)30(38)41)26-27(33(2,3)4)39(32(43)44)28(37-26)24(36-31(42)46-34(5,6)7)12-10-9-11-13-25(40)29-35-17-19-45-29/h9-10,14-20,24H,8,11-13H2,1-7H3,(H,36,42)(H,43,44). The number of nitrogens with zero attached hydrogens (tertiary/aromatic N) is 4. The molecular weight excluding hydrogens is 590 g/mol. The fourth-order valence-electron chi connectivity index (χ4n) is 5.15. The Labute approximate surface area is 267 Å². The second kappa shape index (κ2) is 13.6. The molecular formula is C34H41N5O7. The Balaban J connectivity index is 1.78. The minimum absolute atomic E-state index is 0.0355. The second-order valence-corrected chi connectivity index (χ2v) is 12.9. The molecule has 0 aliphatic heterocycles. The van der Waals surface area contributed by atoms with Gasteiger partial charge >= 0.3 is 12.2 Å². The Morgan fingerprint density at radius 1 is 1.11 bits per heavy atom. The largest absolute Gasteiger partial charge is 0.464 e. The molecule has 2 N–H and O–H groups in total. The van der Waals surface area contributed by atoms with Gasteiger partial charge in [-0.05, 0) is 64.1 Å². The minimum atomic E-state index is -1.26. The topological polar surface area (TPSA) is 159 Å². The first kappa shape index (κ1) is 33.9. The highest BCUT2D eigenvalue weighted by Crippen LogP contribution is 2.37.